The number of carbonyl (C=O) groups excluding carboxylic acids is 1. The monoisotopic (exact) mass is 711 g/mol. The highest BCUT2D eigenvalue weighted by Crippen LogP contribution is 2.46. The summed E-state index contributed by atoms with van der Waals surface area (Å²) in [6.45, 7) is 12.1. The molecule has 1 saturated heterocycles. The largest absolute Gasteiger partial charge is 0.494 e. The molecule has 5 rings (SSSR count). The number of halogens is 1. The lowest BCUT2D eigenvalue weighted by Crippen LogP contribution is -2.52. The highest BCUT2D eigenvalue weighted by Gasteiger charge is 2.33. The third-order valence-corrected chi connectivity index (χ3v) is 12.5. The van der Waals surface area contributed by atoms with Gasteiger partial charge in [-0.05, 0) is 82.4 Å². The number of pyridine rings is 1. The molecule has 1 aromatic heterocycles. The maximum absolute atomic E-state index is 15.8. The number of methoxy groups -OCH3 is 1. The van der Waals surface area contributed by atoms with E-state index in [4.69, 9.17) is 14.0 Å². The maximum Gasteiger partial charge on any atom is 0.341 e. The highest BCUT2D eigenvalue weighted by molar-refractivity contribution is 7.53. The average molecular weight is 712 g/mol. The zero-order chi connectivity index (χ0) is 35.9. The van der Waals surface area contributed by atoms with Gasteiger partial charge in [-0.2, -0.15) is 0 Å². The molecular weight excluding hydrogens is 660 g/mol. The second-order valence-electron chi connectivity index (χ2n) is 13.2. The van der Waals surface area contributed by atoms with Crippen LogP contribution in [0, 0.1) is 5.82 Å². The molecule has 1 aliphatic heterocycles. The minimum atomic E-state index is -1.34. The van der Waals surface area contributed by atoms with Gasteiger partial charge in [-0.25, -0.2) is 9.18 Å². The van der Waals surface area contributed by atoms with Gasteiger partial charge in [-0.1, -0.05) is 13.8 Å². The number of aromatic nitrogens is 1. The van der Waals surface area contributed by atoms with Gasteiger partial charge >= 0.3 is 5.97 Å². The number of fused-ring (bicyclic) bond motifs is 1. The Balaban J connectivity index is 1.17. The summed E-state index contributed by atoms with van der Waals surface area (Å²) in [5.74, 6) is -0.911. The molecule has 3 aromatic rings. The van der Waals surface area contributed by atoms with Crippen molar-refractivity contribution in [2.45, 2.75) is 84.0 Å². The summed E-state index contributed by atoms with van der Waals surface area (Å²) in [5.41, 5.74) is 0.828. The minimum absolute atomic E-state index is 0.00360. The molecule has 3 atom stereocenters. The van der Waals surface area contributed by atoms with Crippen molar-refractivity contribution in [1.29, 1.82) is 0 Å². The summed E-state index contributed by atoms with van der Waals surface area (Å²) in [7, 11) is 1.06. The van der Waals surface area contributed by atoms with Gasteiger partial charge < -0.3 is 28.6 Å². The SMILES string of the molecule is CCOP(CC)C(CC)CCCOc1ccc(C(=O)CCN2CCN(c3c(F)cc4c(=O)c(C(=O)O)cn(C5CC5)c4c3OC)CC2C)cc1. The zero-order valence-electron chi connectivity index (χ0n) is 30.0. The molecule has 0 spiro atoms. The average Bonchev–Trinajstić information content (AvgIpc) is 3.96. The van der Waals surface area contributed by atoms with Gasteiger partial charge in [0.15, 0.2) is 17.3 Å². The van der Waals surface area contributed by atoms with Crippen molar-refractivity contribution in [1.82, 2.24) is 9.47 Å². The molecule has 0 bridgehead atoms. The van der Waals surface area contributed by atoms with Crippen molar-refractivity contribution in [3.63, 3.8) is 0 Å². The number of piperazine rings is 1. The van der Waals surface area contributed by atoms with Crippen molar-refractivity contribution in [2.24, 2.45) is 0 Å². The topological polar surface area (TPSA) is 111 Å². The Kier molecular flexibility index (Phi) is 12.9. The molecular formula is C38H51FN3O7P. The number of hydrogen-bond donors (Lipinski definition) is 1. The Bertz CT molecular complexity index is 1710. The molecule has 0 amide bonds. The van der Waals surface area contributed by atoms with Crippen molar-refractivity contribution in [2.75, 3.05) is 57.6 Å². The lowest BCUT2D eigenvalue weighted by atomic mass is 10.1. The Labute approximate surface area is 295 Å². The van der Waals surface area contributed by atoms with Crippen LogP contribution in [0.2, 0.25) is 0 Å². The summed E-state index contributed by atoms with van der Waals surface area (Å²) in [5, 5.41) is 9.63. The smallest absolute Gasteiger partial charge is 0.341 e. The van der Waals surface area contributed by atoms with E-state index in [2.05, 4.69) is 32.6 Å². The van der Waals surface area contributed by atoms with Crippen LogP contribution in [0.4, 0.5) is 10.1 Å². The van der Waals surface area contributed by atoms with Crippen LogP contribution in [0.25, 0.3) is 10.9 Å². The highest BCUT2D eigenvalue weighted by atomic mass is 31.1. The summed E-state index contributed by atoms with van der Waals surface area (Å²) < 4.78 is 35.3. The quantitative estimate of drug-likeness (QED) is 0.0823. The molecule has 12 heteroatoms. The standard InChI is InChI=1S/C38H51FN3O7P/c1-6-29(50(8-3)49-7-2)10-9-21-48-28-15-11-26(12-16-28)33(43)17-18-40-19-20-41(23-25(40)4)35-32(39)22-30-34(37(35)47-5)42(27-13-14-27)24-31(36(30)44)38(45)46/h11-12,15-16,22,24-25,27,29H,6-10,13-14,17-21,23H2,1-5H3,(H,45,46). The van der Waals surface area contributed by atoms with Crippen LogP contribution in [0.1, 0.15) is 93.0 Å². The molecule has 50 heavy (non-hydrogen) atoms. The molecule has 2 aliphatic rings. The number of anilines is 1. The van der Waals surface area contributed by atoms with Crippen LogP contribution in [0.3, 0.4) is 0 Å². The van der Waals surface area contributed by atoms with Gasteiger partial charge in [-0.15, -0.1) is 0 Å². The van der Waals surface area contributed by atoms with Crippen molar-refractivity contribution < 1.29 is 33.1 Å². The van der Waals surface area contributed by atoms with E-state index < -0.39 is 17.2 Å². The van der Waals surface area contributed by atoms with Crippen LogP contribution in [-0.4, -0.2) is 90.7 Å². The number of carboxylic acids is 1. The summed E-state index contributed by atoms with van der Waals surface area (Å²) in [4.78, 5) is 42.1. The molecule has 1 aliphatic carbocycles. The summed E-state index contributed by atoms with van der Waals surface area (Å²) in [6.07, 6.45) is 7.65. The van der Waals surface area contributed by atoms with Gasteiger partial charge in [0.1, 0.15) is 17.0 Å². The lowest BCUT2D eigenvalue weighted by molar-refractivity contribution is 0.0694. The Morgan fingerprint density at radius 2 is 1.86 bits per heavy atom. The van der Waals surface area contributed by atoms with Crippen LogP contribution >= 0.6 is 8.15 Å². The lowest BCUT2D eigenvalue weighted by Gasteiger charge is -2.41. The van der Waals surface area contributed by atoms with E-state index in [1.165, 1.54) is 13.3 Å². The maximum atomic E-state index is 15.8. The predicted octanol–water partition coefficient (Wildman–Crippen LogP) is 7.36. The van der Waals surface area contributed by atoms with E-state index in [1.54, 1.807) is 4.57 Å². The van der Waals surface area contributed by atoms with Crippen LogP contribution in [0.15, 0.2) is 41.3 Å². The number of ketones is 1. The number of Topliss-reactive ketones (excluding diaryl/α,β-unsaturated/α-hetero) is 1. The first-order chi connectivity index (χ1) is 24.1. The number of ether oxygens (including phenoxy) is 2. The van der Waals surface area contributed by atoms with Crippen molar-refractivity contribution in [3.8, 4) is 11.5 Å². The van der Waals surface area contributed by atoms with E-state index in [-0.39, 0.29) is 48.4 Å². The summed E-state index contributed by atoms with van der Waals surface area (Å²) in [6, 6.07) is 8.58. The fourth-order valence-electron chi connectivity index (χ4n) is 7.06. The number of carbonyl (C=O) groups is 2. The first kappa shape index (κ1) is 37.7. The molecule has 2 heterocycles. The van der Waals surface area contributed by atoms with Gasteiger partial charge in [-0.3, -0.25) is 14.5 Å². The van der Waals surface area contributed by atoms with Gasteiger partial charge in [0, 0.05) is 76.9 Å². The molecule has 272 valence electrons. The fourth-order valence-corrected chi connectivity index (χ4v) is 9.18. The Morgan fingerprint density at radius 3 is 2.46 bits per heavy atom. The predicted molar refractivity (Wildman–Crippen MR) is 196 cm³/mol. The van der Waals surface area contributed by atoms with Crippen LogP contribution in [0.5, 0.6) is 11.5 Å². The molecule has 2 aromatic carbocycles. The third kappa shape index (κ3) is 8.49. The Morgan fingerprint density at radius 1 is 1.12 bits per heavy atom. The molecule has 0 radical (unpaired) electrons. The minimum Gasteiger partial charge on any atom is -0.494 e. The van der Waals surface area contributed by atoms with Crippen LogP contribution in [-0.2, 0) is 4.52 Å². The van der Waals surface area contributed by atoms with Gasteiger partial charge in [0.25, 0.3) is 0 Å². The number of hydrogen-bond acceptors (Lipinski definition) is 8. The number of rotatable bonds is 18. The third-order valence-electron chi connectivity index (χ3n) is 9.89. The molecule has 2 fully saturated rings. The fraction of sp³-hybridized carbons (Fsp3) is 0.553. The first-order valence-corrected chi connectivity index (χ1v) is 19.5. The second-order valence-corrected chi connectivity index (χ2v) is 15.6. The van der Waals surface area contributed by atoms with E-state index in [9.17, 15) is 19.5 Å². The van der Waals surface area contributed by atoms with E-state index in [0.717, 1.165) is 56.7 Å². The van der Waals surface area contributed by atoms with E-state index in [0.29, 0.717) is 55.9 Å². The van der Waals surface area contributed by atoms with E-state index >= 15 is 4.39 Å². The number of carboxylic acid groups (broad SMARTS) is 1. The first-order valence-electron chi connectivity index (χ1n) is 17.9. The number of nitrogens with zero attached hydrogens (tertiary/aromatic N) is 3. The number of benzene rings is 2. The zero-order valence-corrected chi connectivity index (χ0v) is 30.8. The normalized spacial score (nSPS) is 17.9. The van der Waals surface area contributed by atoms with E-state index in [1.807, 2.05) is 29.2 Å². The molecule has 1 N–H and O–H groups in total. The second kappa shape index (κ2) is 17.1. The van der Waals surface area contributed by atoms with Crippen molar-refractivity contribution in [3.05, 3.63) is 63.7 Å². The molecule has 10 nitrogen and oxygen atoms in total. The van der Waals surface area contributed by atoms with Gasteiger partial charge in [0.05, 0.1) is 24.6 Å². The number of aromatic carboxylic acids is 1. The van der Waals surface area contributed by atoms with Crippen molar-refractivity contribution >= 4 is 36.5 Å². The van der Waals surface area contributed by atoms with Gasteiger partial charge in [0.2, 0.25) is 5.43 Å². The van der Waals surface area contributed by atoms with Crippen LogP contribution < -0.4 is 19.8 Å². The molecule has 3 unspecified atom stereocenters. The summed E-state index contributed by atoms with van der Waals surface area (Å²) >= 11 is 0. The Hall–Kier alpha value is -3.53. The molecule has 1 saturated carbocycles.